The van der Waals surface area contributed by atoms with Gasteiger partial charge in [0.05, 0.1) is 26.1 Å². The van der Waals surface area contributed by atoms with Crippen molar-refractivity contribution in [2.24, 2.45) is 0 Å². The number of aliphatic hydroxyl groups excluding tert-OH is 1. The molecule has 0 aliphatic carbocycles. The molecule has 0 unspecified atom stereocenters. The second-order valence-corrected chi connectivity index (χ2v) is 7.18. The van der Waals surface area contributed by atoms with Crippen molar-refractivity contribution in [1.82, 2.24) is 4.90 Å². The Bertz CT molecular complexity index is 403. The van der Waals surface area contributed by atoms with Crippen molar-refractivity contribution in [2.75, 3.05) is 20.3 Å². The molecule has 1 fully saturated rings. The lowest BCUT2D eigenvalue weighted by Gasteiger charge is -2.54. The summed E-state index contributed by atoms with van der Waals surface area (Å²) in [5, 5.41) is 10.0. The van der Waals surface area contributed by atoms with E-state index >= 15 is 0 Å². The van der Waals surface area contributed by atoms with Gasteiger partial charge >= 0.3 is 11.9 Å². The first-order chi connectivity index (χ1) is 10.6. The highest BCUT2D eigenvalue weighted by Crippen LogP contribution is 2.37. The number of esters is 1. The molecule has 0 aromatic heterocycles. The fourth-order valence-corrected chi connectivity index (χ4v) is 3.53. The van der Waals surface area contributed by atoms with Crippen LogP contribution in [0.25, 0.3) is 0 Å². The van der Waals surface area contributed by atoms with Gasteiger partial charge in [0.1, 0.15) is 6.61 Å². The number of ether oxygens (including phenoxy) is 1. The van der Waals surface area contributed by atoms with E-state index in [-0.39, 0.29) is 36.6 Å². The molecule has 23 heavy (non-hydrogen) atoms. The van der Waals surface area contributed by atoms with Gasteiger partial charge in [0, 0.05) is 17.6 Å². The number of carbonyl (C=O) groups is 2. The number of nitrogens with zero attached hydrogens (tertiary/aromatic N) is 1. The third-order valence-electron chi connectivity index (χ3n) is 4.22. The molecule has 0 amide bonds. The van der Waals surface area contributed by atoms with E-state index in [1.165, 1.54) is 7.11 Å². The highest BCUT2D eigenvalue weighted by atomic mass is 17.2. The van der Waals surface area contributed by atoms with Gasteiger partial charge in [-0.3, -0.25) is 14.6 Å². The zero-order valence-corrected chi connectivity index (χ0v) is 14.8. The number of likely N-dealkylation sites (tertiary alicyclic amines) is 1. The molecule has 1 aliphatic rings. The summed E-state index contributed by atoms with van der Waals surface area (Å²) in [6.45, 7) is 9.17. The predicted molar refractivity (Wildman–Crippen MR) is 83.4 cm³/mol. The van der Waals surface area contributed by atoms with Crippen LogP contribution in [0.4, 0.5) is 0 Å². The maximum absolute atomic E-state index is 11.6. The summed E-state index contributed by atoms with van der Waals surface area (Å²) >= 11 is 0. The topological polar surface area (TPSA) is 85.3 Å². The second-order valence-electron chi connectivity index (χ2n) is 7.18. The van der Waals surface area contributed by atoms with Gasteiger partial charge in [-0.25, -0.2) is 4.79 Å². The van der Waals surface area contributed by atoms with Crippen LogP contribution < -0.4 is 0 Å². The Morgan fingerprint density at radius 2 is 1.61 bits per heavy atom. The summed E-state index contributed by atoms with van der Waals surface area (Å²) in [6.07, 6.45) is 0.957. The van der Waals surface area contributed by atoms with Gasteiger partial charge in [0.25, 0.3) is 0 Å². The summed E-state index contributed by atoms with van der Waals surface area (Å²) in [4.78, 5) is 33.5. The molecular formula is C16H29NO6. The van der Waals surface area contributed by atoms with Crippen molar-refractivity contribution in [3.05, 3.63) is 0 Å². The van der Waals surface area contributed by atoms with Crippen molar-refractivity contribution in [3.8, 4) is 0 Å². The molecule has 0 aromatic rings. The molecule has 1 saturated heterocycles. The standard InChI is InChI=1S/C16H29NO6/c1-15(2)10-12(18)11-16(3,4)17(15)8-9-22-13(19)6-7-14(20)23-21-5/h12,18H,6-11H2,1-5H3. The molecule has 7 heteroatoms. The molecular weight excluding hydrogens is 302 g/mol. The molecule has 0 aromatic carbocycles. The van der Waals surface area contributed by atoms with E-state index in [2.05, 4.69) is 42.4 Å². The van der Waals surface area contributed by atoms with Crippen molar-refractivity contribution in [3.63, 3.8) is 0 Å². The van der Waals surface area contributed by atoms with Gasteiger partial charge in [-0.15, -0.1) is 0 Å². The van der Waals surface area contributed by atoms with Crippen molar-refractivity contribution in [1.29, 1.82) is 0 Å². The largest absolute Gasteiger partial charge is 0.464 e. The average molecular weight is 331 g/mol. The normalized spacial score (nSPS) is 21.0. The fourth-order valence-electron chi connectivity index (χ4n) is 3.53. The lowest BCUT2D eigenvalue weighted by atomic mass is 9.78. The highest BCUT2D eigenvalue weighted by Gasteiger charge is 2.44. The van der Waals surface area contributed by atoms with Crippen LogP contribution in [-0.4, -0.2) is 59.4 Å². The monoisotopic (exact) mass is 331 g/mol. The molecule has 0 atom stereocenters. The fraction of sp³-hybridized carbons (Fsp3) is 0.875. The van der Waals surface area contributed by atoms with Gasteiger partial charge in [-0.2, -0.15) is 4.89 Å². The molecule has 7 nitrogen and oxygen atoms in total. The maximum atomic E-state index is 11.6. The van der Waals surface area contributed by atoms with Crippen molar-refractivity contribution in [2.45, 2.75) is 70.6 Å². The van der Waals surface area contributed by atoms with Crippen LogP contribution in [0.2, 0.25) is 0 Å². The molecule has 0 bridgehead atoms. The van der Waals surface area contributed by atoms with E-state index in [0.29, 0.717) is 19.4 Å². The first-order valence-electron chi connectivity index (χ1n) is 7.93. The third kappa shape index (κ3) is 6.08. The lowest BCUT2D eigenvalue weighted by Crippen LogP contribution is -2.62. The summed E-state index contributed by atoms with van der Waals surface area (Å²) in [5.41, 5.74) is -0.342. The van der Waals surface area contributed by atoms with E-state index in [4.69, 9.17) is 4.74 Å². The minimum atomic E-state index is -0.600. The van der Waals surface area contributed by atoms with E-state index in [1.807, 2.05) is 0 Å². The molecule has 1 rings (SSSR count). The molecule has 0 spiro atoms. The third-order valence-corrected chi connectivity index (χ3v) is 4.22. The second kappa shape index (κ2) is 8.08. The number of hydrogen-bond donors (Lipinski definition) is 1. The van der Waals surface area contributed by atoms with E-state index in [1.54, 1.807) is 0 Å². The van der Waals surface area contributed by atoms with E-state index in [0.717, 1.165) is 0 Å². The molecule has 1 heterocycles. The highest BCUT2D eigenvalue weighted by molar-refractivity contribution is 5.77. The van der Waals surface area contributed by atoms with Gasteiger partial charge in [0.2, 0.25) is 0 Å². The number of piperidine rings is 1. The van der Waals surface area contributed by atoms with Gasteiger partial charge in [-0.1, -0.05) is 0 Å². The average Bonchev–Trinajstić information content (AvgIpc) is 2.38. The zero-order chi connectivity index (χ0) is 17.7. The smallest absolute Gasteiger partial charge is 0.342 e. The van der Waals surface area contributed by atoms with Crippen LogP contribution in [0.1, 0.15) is 53.4 Å². The summed E-state index contributed by atoms with van der Waals surface area (Å²) in [5.74, 6) is -1.04. The number of hydrogen-bond acceptors (Lipinski definition) is 7. The molecule has 1 aliphatic heterocycles. The Balaban J connectivity index is 2.41. The summed E-state index contributed by atoms with van der Waals surface area (Å²) in [7, 11) is 1.23. The molecule has 0 radical (unpaired) electrons. The lowest BCUT2D eigenvalue weighted by molar-refractivity contribution is -0.255. The van der Waals surface area contributed by atoms with E-state index in [9.17, 15) is 14.7 Å². The number of rotatable bonds is 7. The Morgan fingerprint density at radius 1 is 1.09 bits per heavy atom. The Morgan fingerprint density at radius 3 is 2.13 bits per heavy atom. The zero-order valence-electron chi connectivity index (χ0n) is 14.8. The molecule has 0 saturated carbocycles. The van der Waals surface area contributed by atoms with Crippen LogP contribution in [-0.2, 0) is 24.1 Å². The summed E-state index contributed by atoms with van der Waals surface area (Å²) in [6, 6.07) is 0. The number of aliphatic hydroxyl groups is 1. The quantitative estimate of drug-likeness (QED) is 0.429. The van der Waals surface area contributed by atoms with Crippen LogP contribution in [0.3, 0.4) is 0 Å². The SMILES string of the molecule is COOC(=O)CCC(=O)OCCN1C(C)(C)CC(O)CC1(C)C. The first kappa shape index (κ1) is 19.9. The number of carbonyl (C=O) groups excluding carboxylic acids is 2. The molecule has 134 valence electrons. The van der Waals surface area contributed by atoms with Crippen LogP contribution in [0, 0.1) is 0 Å². The van der Waals surface area contributed by atoms with Crippen LogP contribution in [0.15, 0.2) is 0 Å². The van der Waals surface area contributed by atoms with E-state index < -0.39 is 11.9 Å². The van der Waals surface area contributed by atoms with Crippen molar-refractivity contribution < 1.29 is 29.2 Å². The molecule has 1 N–H and O–H groups in total. The maximum Gasteiger partial charge on any atom is 0.342 e. The first-order valence-corrected chi connectivity index (χ1v) is 7.93. The Kier molecular flexibility index (Phi) is 6.98. The Labute approximate surface area is 137 Å². The van der Waals surface area contributed by atoms with Gasteiger partial charge < -0.3 is 9.84 Å². The van der Waals surface area contributed by atoms with Crippen molar-refractivity contribution >= 4 is 11.9 Å². The Hall–Kier alpha value is -1.18. The predicted octanol–water partition coefficient (Wildman–Crippen LogP) is 1.43. The minimum absolute atomic E-state index is 0.0340. The van der Waals surface area contributed by atoms with Gasteiger partial charge in [0.15, 0.2) is 0 Å². The van der Waals surface area contributed by atoms with Gasteiger partial charge in [-0.05, 0) is 40.5 Å². The minimum Gasteiger partial charge on any atom is -0.464 e. The van der Waals surface area contributed by atoms with Crippen LogP contribution >= 0.6 is 0 Å². The van der Waals surface area contributed by atoms with Crippen LogP contribution in [0.5, 0.6) is 0 Å². The summed E-state index contributed by atoms with van der Waals surface area (Å²) < 4.78 is 5.20.